The van der Waals surface area contributed by atoms with Gasteiger partial charge in [-0.3, -0.25) is 15.0 Å². The molecule has 1 aliphatic carbocycles. The maximum Gasteiger partial charge on any atom is 0.344 e. The quantitative estimate of drug-likeness (QED) is 0.444. The molecule has 1 saturated carbocycles. The normalized spacial score (nSPS) is 22.7. The van der Waals surface area contributed by atoms with Crippen molar-refractivity contribution >= 4 is 35.3 Å². The maximum absolute atomic E-state index is 12.9. The average molecular weight is 464 g/mol. The smallest absolute Gasteiger partial charge is 0.322 e. The molecule has 0 bridgehead atoms. The summed E-state index contributed by atoms with van der Waals surface area (Å²) in [6.45, 7) is 2.15. The van der Waals surface area contributed by atoms with E-state index >= 15 is 0 Å². The van der Waals surface area contributed by atoms with Gasteiger partial charge >= 0.3 is 6.03 Å². The van der Waals surface area contributed by atoms with Crippen LogP contribution >= 0.6 is 11.8 Å². The van der Waals surface area contributed by atoms with E-state index in [1.807, 2.05) is 47.1 Å². The minimum absolute atomic E-state index is 0.368. The molecule has 8 nitrogen and oxygen atoms in total. The van der Waals surface area contributed by atoms with Gasteiger partial charge in [0.1, 0.15) is 11.2 Å². The number of nitrogens with zero attached hydrogens (tertiary/aromatic N) is 3. The van der Waals surface area contributed by atoms with Crippen molar-refractivity contribution in [1.82, 2.24) is 25.1 Å². The van der Waals surface area contributed by atoms with Crippen LogP contribution in [0.25, 0.3) is 5.65 Å². The van der Waals surface area contributed by atoms with Crippen molar-refractivity contribution in [1.29, 1.82) is 0 Å². The zero-order chi connectivity index (χ0) is 23.0. The molecule has 3 aromatic rings. The number of pyridine rings is 1. The van der Waals surface area contributed by atoms with Crippen molar-refractivity contribution in [3.05, 3.63) is 66.1 Å². The molecule has 3 heterocycles. The summed E-state index contributed by atoms with van der Waals surface area (Å²) >= 11 is 1.62. The zero-order valence-electron chi connectivity index (χ0n) is 18.3. The molecule has 1 saturated heterocycles. The Bertz CT molecular complexity index is 1180. The van der Waals surface area contributed by atoms with Crippen LogP contribution < -0.4 is 10.7 Å². The summed E-state index contributed by atoms with van der Waals surface area (Å²) in [5, 5.41) is 3.65. The minimum atomic E-state index is -0.880. The number of aromatic nitrogens is 2. The number of carbonyl (C=O) groups excluding carboxylic acids is 3. The summed E-state index contributed by atoms with van der Waals surface area (Å²) in [4.78, 5) is 43.6. The topological polar surface area (TPSA) is 95.8 Å². The Hall–Kier alpha value is -3.33. The molecular weight excluding hydrogens is 438 g/mol. The predicted molar refractivity (Wildman–Crippen MR) is 124 cm³/mol. The molecular formula is C24H25N5O3S. The van der Waals surface area contributed by atoms with Crippen LogP contribution in [-0.2, 0) is 10.5 Å². The van der Waals surface area contributed by atoms with E-state index in [9.17, 15) is 14.4 Å². The SMILES string of the molecule is CC1CCC2(CC1)NC(=O)N(NC(=O)c1ccc(SCc3cn4ccccc4n3)cc1)C2=O. The van der Waals surface area contributed by atoms with Crippen molar-refractivity contribution in [2.75, 3.05) is 0 Å². The van der Waals surface area contributed by atoms with Crippen LogP contribution in [0.1, 0.15) is 48.7 Å². The van der Waals surface area contributed by atoms with E-state index in [0.29, 0.717) is 30.1 Å². The Labute approximate surface area is 195 Å². The molecule has 4 amide bonds. The monoisotopic (exact) mass is 463 g/mol. The zero-order valence-corrected chi connectivity index (χ0v) is 19.1. The van der Waals surface area contributed by atoms with Gasteiger partial charge in [0.2, 0.25) is 0 Å². The Balaban J connectivity index is 1.20. The van der Waals surface area contributed by atoms with Crippen LogP contribution in [0.4, 0.5) is 4.79 Å². The molecule has 9 heteroatoms. The number of carbonyl (C=O) groups is 3. The summed E-state index contributed by atoms with van der Waals surface area (Å²) in [6, 6.07) is 12.4. The molecule has 1 aromatic carbocycles. The van der Waals surface area contributed by atoms with Gasteiger partial charge in [0.05, 0.1) is 5.69 Å². The van der Waals surface area contributed by atoms with Gasteiger partial charge in [-0.15, -0.1) is 11.8 Å². The number of hydrogen-bond acceptors (Lipinski definition) is 5. The van der Waals surface area contributed by atoms with Gasteiger partial charge in [0, 0.05) is 28.6 Å². The van der Waals surface area contributed by atoms with Crippen LogP contribution in [0.2, 0.25) is 0 Å². The van der Waals surface area contributed by atoms with Crippen molar-refractivity contribution in [3.63, 3.8) is 0 Å². The van der Waals surface area contributed by atoms with E-state index in [4.69, 9.17) is 0 Å². The number of imidazole rings is 1. The average Bonchev–Trinajstić information content (AvgIpc) is 3.34. The van der Waals surface area contributed by atoms with Gasteiger partial charge in [0.15, 0.2) is 0 Å². The molecule has 2 fully saturated rings. The third-order valence-electron chi connectivity index (χ3n) is 6.42. The fraction of sp³-hybridized carbons (Fsp3) is 0.333. The molecule has 0 unspecified atom stereocenters. The molecule has 0 atom stereocenters. The number of urea groups is 1. The molecule has 1 aliphatic heterocycles. The third kappa shape index (κ3) is 4.20. The first kappa shape index (κ1) is 21.5. The second-order valence-corrected chi connectivity index (χ2v) is 9.84. The van der Waals surface area contributed by atoms with Gasteiger partial charge < -0.3 is 9.72 Å². The van der Waals surface area contributed by atoms with Gasteiger partial charge in [-0.25, -0.2) is 9.78 Å². The number of nitrogens with one attached hydrogen (secondary N) is 2. The maximum atomic E-state index is 12.9. The highest BCUT2D eigenvalue weighted by Crippen LogP contribution is 2.35. The first-order valence-corrected chi connectivity index (χ1v) is 12.1. The second-order valence-electron chi connectivity index (χ2n) is 8.79. The van der Waals surface area contributed by atoms with E-state index < -0.39 is 17.5 Å². The number of benzene rings is 1. The first-order valence-electron chi connectivity index (χ1n) is 11.1. The summed E-state index contributed by atoms with van der Waals surface area (Å²) in [5.41, 5.74) is 3.86. The summed E-state index contributed by atoms with van der Waals surface area (Å²) in [5.74, 6) is 0.383. The van der Waals surface area contributed by atoms with Gasteiger partial charge in [-0.05, 0) is 68.0 Å². The van der Waals surface area contributed by atoms with Crippen molar-refractivity contribution in [3.8, 4) is 0 Å². The molecule has 5 rings (SSSR count). The Morgan fingerprint density at radius 3 is 2.67 bits per heavy atom. The largest absolute Gasteiger partial charge is 0.344 e. The summed E-state index contributed by atoms with van der Waals surface area (Å²) in [6.07, 6.45) is 6.92. The van der Waals surface area contributed by atoms with Crippen molar-refractivity contribution in [2.45, 2.75) is 48.8 Å². The van der Waals surface area contributed by atoms with E-state index in [1.54, 1.807) is 23.9 Å². The first-order chi connectivity index (χ1) is 15.9. The Morgan fingerprint density at radius 1 is 1.18 bits per heavy atom. The van der Waals surface area contributed by atoms with Gasteiger partial charge in [0.25, 0.3) is 11.8 Å². The molecule has 2 N–H and O–H groups in total. The highest BCUT2D eigenvalue weighted by atomic mass is 32.2. The molecule has 170 valence electrons. The Kier molecular flexibility index (Phi) is 5.57. The number of fused-ring (bicyclic) bond motifs is 1. The number of hydrogen-bond donors (Lipinski definition) is 2. The van der Waals surface area contributed by atoms with E-state index in [1.165, 1.54) is 0 Å². The van der Waals surface area contributed by atoms with Crippen LogP contribution in [0, 0.1) is 5.92 Å². The minimum Gasteiger partial charge on any atom is -0.322 e. The summed E-state index contributed by atoms with van der Waals surface area (Å²) in [7, 11) is 0. The number of amides is 4. The lowest BCUT2D eigenvalue weighted by Crippen LogP contribution is -2.51. The van der Waals surface area contributed by atoms with E-state index in [-0.39, 0.29) is 5.91 Å². The second kappa shape index (κ2) is 8.55. The fourth-order valence-electron chi connectivity index (χ4n) is 4.40. The van der Waals surface area contributed by atoms with Gasteiger partial charge in [-0.2, -0.15) is 5.01 Å². The van der Waals surface area contributed by atoms with Crippen molar-refractivity contribution in [2.24, 2.45) is 5.92 Å². The molecule has 2 aliphatic rings. The number of hydrazine groups is 1. The standard InChI is InChI=1S/C24H25N5O3S/c1-16-9-11-24(12-10-16)22(31)29(23(32)26-24)27-21(30)17-5-7-19(8-6-17)33-15-18-14-28-13-3-2-4-20(28)25-18/h2-8,13-14,16H,9-12,15H2,1H3,(H,26,32)(H,27,30). The van der Waals surface area contributed by atoms with Crippen LogP contribution in [0.15, 0.2) is 59.8 Å². The van der Waals surface area contributed by atoms with E-state index in [0.717, 1.165) is 34.1 Å². The number of imide groups is 1. The van der Waals surface area contributed by atoms with Crippen LogP contribution in [0.5, 0.6) is 0 Å². The van der Waals surface area contributed by atoms with Gasteiger partial charge in [-0.1, -0.05) is 13.0 Å². The molecule has 2 aromatic heterocycles. The number of rotatable bonds is 5. The molecule has 0 radical (unpaired) electrons. The lowest BCUT2D eigenvalue weighted by atomic mass is 9.77. The molecule has 1 spiro atoms. The van der Waals surface area contributed by atoms with E-state index in [2.05, 4.69) is 22.7 Å². The number of thioether (sulfide) groups is 1. The lowest BCUT2D eigenvalue weighted by Gasteiger charge is -2.33. The lowest BCUT2D eigenvalue weighted by molar-refractivity contribution is -0.134. The van der Waals surface area contributed by atoms with Crippen molar-refractivity contribution < 1.29 is 14.4 Å². The van der Waals surface area contributed by atoms with Crippen LogP contribution in [0.3, 0.4) is 0 Å². The summed E-state index contributed by atoms with van der Waals surface area (Å²) < 4.78 is 1.98. The Morgan fingerprint density at radius 2 is 1.94 bits per heavy atom. The third-order valence-corrected chi connectivity index (χ3v) is 7.47. The molecule has 33 heavy (non-hydrogen) atoms. The van der Waals surface area contributed by atoms with Crippen LogP contribution in [-0.4, -0.2) is 37.8 Å². The highest BCUT2D eigenvalue weighted by Gasteiger charge is 2.52. The fourth-order valence-corrected chi connectivity index (χ4v) is 5.18. The predicted octanol–water partition coefficient (Wildman–Crippen LogP) is 3.77. The highest BCUT2D eigenvalue weighted by molar-refractivity contribution is 7.98.